The van der Waals surface area contributed by atoms with Crippen LogP contribution in [0.15, 0.2) is 53.4 Å². The number of hydrogen-bond acceptors (Lipinski definition) is 5. The third-order valence-corrected chi connectivity index (χ3v) is 8.30. The first-order valence-electron chi connectivity index (χ1n) is 12.2. The summed E-state index contributed by atoms with van der Waals surface area (Å²) in [6.45, 7) is 6.34. The minimum Gasteiger partial charge on any atom is -0.372 e. The number of carbonyl (C=O) groups is 2. The van der Waals surface area contributed by atoms with E-state index in [-0.39, 0.29) is 35.5 Å². The molecule has 2 aliphatic heterocycles. The minimum absolute atomic E-state index is 0.00512. The van der Waals surface area contributed by atoms with Crippen LogP contribution >= 0.6 is 0 Å². The highest BCUT2D eigenvalue weighted by atomic mass is 32.2. The van der Waals surface area contributed by atoms with E-state index in [1.165, 1.54) is 16.4 Å². The first kappa shape index (κ1) is 25.3. The van der Waals surface area contributed by atoms with Crippen molar-refractivity contribution in [3.63, 3.8) is 0 Å². The van der Waals surface area contributed by atoms with Gasteiger partial charge >= 0.3 is 0 Å². The zero-order valence-corrected chi connectivity index (χ0v) is 21.1. The standard InChI is InChI=1S/C26H33N3O5S/c1-19-17-28(18-20(2)34-19)26(31)22-11-9-21(10-12-22)16-27-25(30)23-7-6-8-24(15-23)35(32,33)29-13-4-3-5-14-29/h6-12,15,19-20H,3-5,13-14,16-18H2,1-2H3,(H,27,30). The van der Waals surface area contributed by atoms with Crippen molar-refractivity contribution in [2.45, 2.75) is 56.8 Å². The van der Waals surface area contributed by atoms with Gasteiger partial charge in [0.05, 0.1) is 17.1 Å². The highest BCUT2D eigenvalue weighted by Crippen LogP contribution is 2.21. The SMILES string of the molecule is CC1CN(C(=O)c2ccc(CNC(=O)c3cccc(S(=O)(=O)N4CCCCC4)c3)cc2)CC(C)O1. The molecule has 2 saturated heterocycles. The summed E-state index contributed by atoms with van der Waals surface area (Å²) in [5, 5.41) is 2.84. The van der Waals surface area contributed by atoms with Gasteiger partial charge in [0.15, 0.2) is 0 Å². The summed E-state index contributed by atoms with van der Waals surface area (Å²) in [7, 11) is -3.60. The molecule has 4 rings (SSSR count). The zero-order chi connectivity index (χ0) is 25.0. The molecule has 0 saturated carbocycles. The predicted molar refractivity (Wildman–Crippen MR) is 133 cm³/mol. The van der Waals surface area contributed by atoms with Crippen molar-refractivity contribution in [1.29, 1.82) is 0 Å². The summed E-state index contributed by atoms with van der Waals surface area (Å²) < 4.78 is 33.1. The highest BCUT2D eigenvalue weighted by molar-refractivity contribution is 7.89. The molecule has 0 aromatic heterocycles. The number of nitrogens with zero attached hydrogens (tertiary/aromatic N) is 2. The molecule has 2 unspecified atom stereocenters. The number of morpholine rings is 1. The fourth-order valence-electron chi connectivity index (χ4n) is 4.63. The van der Waals surface area contributed by atoms with E-state index in [1.807, 2.05) is 26.0 Å². The van der Waals surface area contributed by atoms with Gasteiger partial charge in [0.1, 0.15) is 0 Å². The Morgan fingerprint density at radius 3 is 2.26 bits per heavy atom. The normalized spacial score (nSPS) is 21.5. The van der Waals surface area contributed by atoms with Gasteiger partial charge in [0, 0.05) is 43.9 Å². The van der Waals surface area contributed by atoms with Crippen molar-refractivity contribution in [1.82, 2.24) is 14.5 Å². The topological polar surface area (TPSA) is 96.0 Å². The molecule has 188 valence electrons. The predicted octanol–water partition coefficient (Wildman–Crippen LogP) is 3.04. The van der Waals surface area contributed by atoms with Gasteiger partial charge in [-0.2, -0.15) is 4.31 Å². The summed E-state index contributed by atoms with van der Waals surface area (Å²) in [6, 6.07) is 13.3. The van der Waals surface area contributed by atoms with Crippen molar-refractivity contribution in [3.05, 3.63) is 65.2 Å². The fraction of sp³-hybridized carbons (Fsp3) is 0.462. The molecule has 2 aromatic carbocycles. The fourth-order valence-corrected chi connectivity index (χ4v) is 6.19. The molecule has 0 aliphatic carbocycles. The second-order valence-electron chi connectivity index (χ2n) is 9.34. The number of piperidine rings is 1. The van der Waals surface area contributed by atoms with Crippen molar-refractivity contribution in [3.8, 4) is 0 Å². The second kappa shape index (κ2) is 10.9. The van der Waals surface area contributed by atoms with Crippen molar-refractivity contribution in [2.24, 2.45) is 0 Å². The smallest absolute Gasteiger partial charge is 0.254 e. The van der Waals surface area contributed by atoms with Gasteiger partial charge in [-0.1, -0.05) is 24.6 Å². The number of hydrogen-bond donors (Lipinski definition) is 1. The molecule has 9 heteroatoms. The molecular formula is C26H33N3O5S. The van der Waals surface area contributed by atoms with E-state index in [4.69, 9.17) is 4.74 Å². The first-order valence-corrected chi connectivity index (χ1v) is 13.6. The van der Waals surface area contributed by atoms with Crippen LogP contribution in [0.1, 0.15) is 59.4 Å². The van der Waals surface area contributed by atoms with Crippen LogP contribution in [0, 0.1) is 0 Å². The Morgan fingerprint density at radius 1 is 0.943 bits per heavy atom. The third kappa shape index (κ3) is 6.09. The van der Waals surface area contributed by atoms with Crippen LogP contribution in [0.2, 0.25) is 0 Å². The maximum Gasteiger partial charge on any atom is 0.254 e. The maximum atomic E-state index is 12.9. The molecule has 2 aliphatic rings. The molecule has 2 aromatic rings. The molecular weight excluding hydrogens is 466 g/mol. The summed E-state index contributed by atoms with van der Waals surface area (Å²) >= 11 is 0. The number of sulfonamides is 1. The third-order valence-electron chi connectivity index (χ3n) is 6.41. The van der Waals surface area contributed by atoms with E-state index in [9.17, 15) is 18.0 Å². The van der Waals surface area contributed by atoms with Gasteiger partial charge in [-0.25, -0.2) is 8.42 Å². The van der Waals surface area contributed by atoms with Crippen LogP contribution in [0.3, 0.4) is 0 Å². The molecule has 2 atom stereocenters. The number of carbonyl (C=O) groups excluding carboxylic acids is 2. The average molecular weight is 500 g/mol. The largest absolute Gasteiger partial charge is 0.372 e. The summed E-state index contributed by atoms with van der Waals surface area (Å²) in [4.78, 5) is 27.5. The van der Waals surface area contributed by atoms with Crippen LogP contribution < -0.4 is 5.32 Å². The van der Waals surface area contributed by atoms with Gasteiger partial charge < -0.3 is 15.0 Å². The first-order chi connectivity index (χ1) is 16.7. The molecule has 35 heavy (non-hydrogen) atoms. The maximum absolute atomic E-state index is 12.9. The lowest BCUT2D eigenvalue weighted by atomic mass is 10.1. The van der Waals surface area contributed by atoms with Gasteiger partial charge in [0.2, 0.25) is 10.0 Å². The molecule has 0 bridgehead atoms. The van der Waals surface area contributed by atoms with Crippen LogP contribution in [-0.2, 0) is 21.3 Å². The summed E-state index contributed by atoms with van der Waals surface area (Å²) in [5.74, 6) is -0.383. The zero-order valence-electron chi connectivity index (χ0n) is 20.3. The van der Waals surface area contributed by atoms with Crippen molar-refractivity contribution >= 4 is 21.8 Å². The quantitative estimate of drug-likeness (QED) is 0.659. The van der Waals surface area contributed by atoms with E-state index in [0.717, 1.165) is 24.8 Å². The lowest BCUT2D eigenvalue weighted by Gasteiger charge is -2.35. The van der Waals surface area contributed by atoms with Gasteiger partial charge in [-0.05, 0) is 62.6 Å². The van der Waals surface area contributed by atoms with Crippen molar-refractivity contribution < 1.29 is 22.7 Å². The van der Waals surface area contributed by atoms with Crippen LogP contribution in [0.25, 0.3) is 0 Å². The van der Waals surface area contributed by atoms with Crippen LogP contribution in [0.4, 0.5) is 0 Å². The Labute approximate surface area is 207 Å². The van der Waals surface area contributed by atoms with Gasteiger partial charge in [-0.15, -0.1) is 0 Å². The molecule has 2 amide bonds. The lowest BCUT2D eigenvalue weighted by molar-refractivity contribution is -0.0586. The highest BCUT2D eigenvalue weighted by Gasteiger charge is 2.27. The Morgan fingerprint density at radius 2 is 1.60 bits per heavy atom. The van der Waals surface area contributed by atoms with E-state index >= 15 is 0 Å². The van der Waals surface area contributed by atoms with Gasteiger partial charge in [-0.3, -0.25) is 9.59 Å². The number of nitrogens with one attached hydrogen (secondary N) is 1. The second-order valence-corrected chi connectivity index (χ2v) is 11.3. The van der Waals surface area contributed by atoms with E-state index < -0.39 is 10.0 Å². The monoisotopic (exact) mass is 499 g/mol. The van der Waals surface area contributed by atoms with Crippen LogP contribution in [0.5, 0.6) is 0 Å². The Balaban J connectivity index is 1.36. The number of ether oxygens (including phenoxy) is 1. The summed E-state index contributed by atoms with van der Waals surface area (Å²) in [6.07, 6.45) is 2.76. The molecule has 2 heterocycles. The Hall–Kier alpha value is -2.75. The lowest BCUT2D eigenvalue weighted by Crippen LogP contribution is -2.48. The molecule has 8 nitrogen and oxygen atoms in total. The Kier molecular flexibility index (Phi) is 7.88. The minimum atomic E-state index is -3.60. The Bertz CT molecular complexity index is 1150. The molecule has 0 spiro atoms. The summed E-state index contributed by atoms with van der Waals surface area (Å²) in [5.41, 5.74) is 1.73. The van der Waals surface area contributed by atoms with Crippen LogP contribution in [-0.4, -0.2) is 67.8 Å². The number of amides is 2. The van der Waals surface area contributed by atoms with E-state index in [2.05, 4.69) is 5.32 Å². The molecule has 2 fully saturated rings. The van der Waals surface area contributed by atoms with E-state index in [0.29, 0.717) is 37.3 Å². The number of rotatable bonds is 6. The molecule has 0 radical (unpaired) electrons. The van der Waals surface area contributed by atoms with Gasteiger partial charge in [0.25, 0.3) is 11.8 Å². The van der Waals surface area contributed by atoms with Crippen molar-refractivity contribution in [2.75, 3.05) is 26.2 Å². The van der Waals surface area contributed by atoms with E-state index in [1.54, 1.807) is 29.2 Å². The molecule has 1 N–H and O–H groups in total. The average Bonchev–Trinajstić information content (AvgIpc) is 2.87. The number of benzene rings is 2.